The number of aryl methyl sites for hydroxylation is 1. The molecule has 3 aromatic rings. The average molecular weight is 536 g/mol. The lowest BCUT2D eigenvalue weighted by atomic mass is 10.1. The molecular weight excluding hydrogens is 502 g/mol. The van der Waals surface area contributed by atoms with Crippen LogP contribution in [0.5, 0.6) is 5.75 Å². The number of piperidine rings is 1. The number of alkyl carbamates (subject to hydrolysis) is 1. The van der Waals surface area contributed by atoms with Gasteiger partial charge >= 0.3 is 6.09 Å². The Bertz CT molecular complexity index is 1200. The summed E-state index contributed by atoms with van der Waals surface area (Å²) >= 11 is 6.58. The van der Waals surface area contributed by atoms with Crippen molar-refractivity contribution in [1.29, 1.82) is 0 Å². The van der Waals surface area contributed by atoms with E-state index in [9.17, 15) is 4.79 Å². The number of rotatable bonds is 9. The molecule has 0 atom stereocenters. The number of likely N-dealkylation sites (tertiary alicyclic amines) is 1. The van der Waals surface area contributed by atoms with E-state index >= 15 is 0 Å². The summed E-state index contributed by atoms with van der Waals surface area (Å²) in [6.45, 7) is 6.42. The summed E-state index contributed by atoms with van der Waals surface area (Å²) in [5, 5.41) is 3.55. The third-order valence-electron chi connectivity index (χ3n) is 7.01. The number of aromatic nitrogens is 2. The fraction of sp³-hybridized carbons (Fsp3) is 0.414. The van der Waals surface area contributed by atoms with Crippen LogP contribution in [0.15, 0.2) is 60.9 Å². The van der Waals surface area contributed by atoms with Crippen LogP contribution in [0.3, 0.4) is 0 Å². The van der Waals surface area contributed by atoms with E-state index in [2.05, 4.69) is 38.1 Å². The Morgan fingerprint density at radius 3 is 2.45 bits per heavy atom. The number of benzene rings is 2. The molecule has 0 spiro atoms. The van der Waals surface area contributed by atoms with E-state index in [4.69, 9.17) is 21.1 Å². The molecule has 2 aromatic carbocycles. The van der Waals surface area contributed by atoms with Gasteiger partial charge in [-0.05, 0) is 35.2 Å². The van der Waals surface area contributed by atoms with Gasteiger partial charge in [0, 0.05) is 58.0 Å². The molecule has 2 saturated heterocycles. The van der Waals surface area contributed by atoms with Crippen molar-refractivity contribution in [3.63, 3.8) is 0 Å². The molecular formula is C29H34ClN5O3. The van der Waals surface area contributed by atoms with Gasteiger partial charge < -0.3 is 19.7 Å². The van der Waals surface area contributed by atoms with Crippen LogP contribution in [0.25, 0.3) is 0 Å². The van der Waals surface area contributed by atoms with Crippen LogP contribution in [0.1, 0.15) is 36.5 Å². The summed E-state index contributed by atoms with van der Waals surface area (Å²) in [5.74, 6) is 1.51. The zero-order valence-corrected chi connectivity index (χ0v) is 22.4. The number of anilines is 1. The minimum absolute atomic E-state index is 0.0946. The molecule has 0 bridgehead atoms. The standard InChI is InChI=1S/C29H34ClN5O3/c1-2-21-15-31-28(32-16-21)35-12-10-25(11-13-35)38-27-9-8-23(14-26(27)30)17-34-18-24(19-34)33-29(36)37-20-22-6-4-3-5-7-22/h3-9,14-16,24-25H,2,10-13,17-20H2,1H3,(H,33,36). The van der Waals surface area contributed by atoms with Crippen LogP contribution >= 0.6 is 11.6 Å². The molecule has 38 heavy (non-hydrogen) atoms. The van der Waals surface area contributed by atoms with Crippen molar-refractivity contribution >= 4 is 23.6 Å². The quantitative estimate of drug-likeness (QED) is 0.419. The van der Waals surface area contributed by atoms with Gasteiger partial charge in [-0.2, -0.15) is 0 Å². The fourth-order valence-corrected chi connectivity index (χ4v) is 5.01. The van der Waals surface area contributed by atoms with E-state index < -0.39 is 0 Å². The maximum Gasteiger partial charge on any atom is 0.407 e. The molecule has 5 rings (SSSR count). The summed E-state index contributed by atoms with van der Waals surface area (Å²) in [5.41, 5.74) is 3.24. The van der Waals surface area contributed by atoms with Crippen LogP contribution in [-0.4, -0.2) is 59.3 Å². The Kier molecular flexibility index (Phi) is 8.61. The molecule has 200 valence electrons. The van der Waals surface area contributed by atoms with E-state index in [0.29, 0.717) is 5.02 Å². The Morgan fingerprint density at radius 2 is 1.76 bits per heavy atom. The number of carbonyl (C=O) groups excluding carboxylic acids is 1. The predicted octanol–water partition coefficient (Wildman–Crippen LogP) is 4.85. The average Bonchev–Trinajstić information content (AvgIpc) is 2.93. The maximum absolute atomic E-state index is 12.1. The summed E-state index contributed by atoms with van der Waals surface area (Å²) in [7, 11) is 0. The van der Waals surface area contributed by atoms with Crippen LogP contribution in [0.2, 0.25) is 5.02 Å². The van der Waals surface area contributed by atoms with Crippen molar-refractivity contribution in [2.75, 3.05) is 31.1 Å². The Labute approximate surface area is 228 Å². The molecule has 2 aliphatic heterocycles. The van der Waals surface area contributed by atoms with Crippen molar-refractivity contribution in [3.05, 3.63) is 82.6 Å². The molecule has 1 N–H and O–H groups in total. The van der Waals surface area contributed by atoms with Crippen LogP contribution in [0, 0.1) is 0 Å². The SMILES string of the molecule is CCc1cnc(N2CCC(Oc3ccc(CN4CC(NC(=O)OCc5ccccc5)C4)cc3Cl)CC2)nc1. The first-order chi connectivity index (χ1) is 18.6. The van der Waals surface area contributed by atoms with Crippen LogP contribution < -0.4 is 15.0 Å². The summed E-state index contributed by atoms with van der Waals surface area (Å²) < 4.78 is 11.6. The van der Waals surface area contributed by atoms with Gasteiger partial charge in [-0.1, -0.05) is 54.9 Å². The molecule has 8 nitrogen and oxygen atoms in total. The van der Waals surface area contributed by atoms with Gasteiger partial charge in [-0.25, -0.2) is 14.8 Å². The number of amides is 1. The second kappa shape index (κ2) is 12.5. The van der Waals surface area contributed by atoms with Gasteiger partial charge in [-0.15, -0.1) is 0 Å². The molecule has 0 saturated carbocycles. The minimum Gasteiger partial charge on any atom is -0.489 e. The zero-order valence-electron chi connectivity index (χ0n) is 21.7. The summed E-state index contributed by atoms with van der Waals surface area (Å²) in [4.78, 5) is 25.5. The number of carbonyl (C=O) groups is 1. The number of halogens is 1. The van der Waals surface area contributed by atoms with E-state index in [0.717, 1.165) is 80.4 Å². The number of nitrogens with zero attached hydrogens (tertiary/aromatic N) is 4. The van der Waals surface area contributed by atoms with E-state index in [-0.39, 0.29) is 24.8 Å². The van der Waals surface area contributed by atoms with Gasteiger partial charge in [0.1, 0.15) is 18.5 Å². The van der Waals surface area contributed by atoms with Crippen molar-refractivity contribution in [2.45, 2.75) is 51.5 Å². The Hall–Kier alpha value is -3.36. The number of ether oxygens (including phenoxy) is 2. The molecule has 2 fully saturated rings. The van der Waals surface area contributed by atoms with Gasteiger partial charge in [0.15, 0.2) is 0 Å². The van der Waals surface area contributed by atoms with E-state index in [1.54, 1.807) is 0 Å². The third-order valence-corrected chi connectivity index (χ3v) is 7.31. The van der Waals surface area contributed by atoms with Crippen molar-refractivity contribution < 1.29 is 14.3 Å². The largest absolute Gasteiger partial charge is 0.489 e. The molecule has 9 heteroatoms. The van der Waals surface area contributed by atoms with Gasteiger partial charge in [-0.3, -0.25) is 4.90 Å². The van der Waals surface area contributed by atoms with Gasteiger partial charge in [0.2, 0.25) is 5.95 Å². The van der Waals surface area contributed by atoms with Crippen LogP contribution in [0.4, 0.5) is 10.7 Å². The van der Waals surface area contributed by atoms with E-state index in [1.165, 1.54) is 0 Å². The normalized spacial score (nSPS) is 16.6. The Morgan fingerprint density at radius 1 is 1.03 bits per heavy atom. The van der Waals surface area contributed by atoms with Gasteiger partial charge in [0.05, 0.1) is 11.1 Å². The molecule has 0 aliphatic carbocycles. The first kappa shape index (κ1) is 26.3. The second-order valence-corrected chi connectivity index (χ2v) is 10.3. The first-order valence-corrected chi connectivity index (χ1v) is 13.6. The van der Waals surface area contributed by atoms with Gasteiger partial charge in [0.25, 0.3) is 0 Å². The third kappa shape index (κ3) is 6.94. The predicted molar refractivity (Wildman–Crippen MR) is 148 cm³/mol. The number of nitrogens with one attached hydrogen (secondary N) is 1. The monoisotopic (exact) mass is 535 g/mol. The fourth-order valence-electron chi connectivity index (χ4n) is 4.77. The second-order valence-electron chi connectivity index (χ2n) is 9.91. The van der Waals surface area contributed by atoms with Crippen LogP contribution in [-0.2, 0) is 24.3 Å². The highest BCUT2D eigenvalue weighted by molar-refractivity contribution is 6.32. The number of hydrogen-bond donors (Lipinski definition) is 1. The van der Waals surface area contributed by atoms with E-state index in [1.807, 2.05) is 54.9 Å². The molecule has 0 radical (unpaired) electrons. The molecule has 1 amide bonds. The summed E-state index contributed by atoms with van der Waals surface area (Å²) in [6, 6.07) is 15.8. The van der Waals surface area contributed by atoms with Crippen molar-refractivity contribution in [2.24, 2.45) is 0 Å². The Balaban J connectivity index is 1.02. The zero-order chi connectivity index (χ0) is 26.3. The smallest absolute Gasteiger partial charge is 0.407 e. The molecule has 2 aliphatic rings. The van der Waals surface area contributed by atoms with Crippen molar-refractivity contribution in [3.8, 4) is 5.75 Å². The number of hydrogen-bond acceptors (Lipinski definition) is 7. The lowest BCUT2D eigenvalue weighted by molar-refractivity contribution is 0.0936. The topological polar surface area (TPSA) is 79.8 Å². The maximum atomic E-state index is 12.1. The lowest BCUT2D eigenvalue weighted by Gasteiger charge is -2.39. The highest BCUT2D eigenvalue weighted by Gasteiger charge is 2.29. The molecule has 1 aromatic heterocycles. The minimum atomic E-state index is -0.379. The highest BCUT2D eigenvalue weighted by Crippen LogP contribution is 2.30. The lowest BCUT2D eigenvalue weighted by Crippen LogP contribution is -2.58. The first-order valence-electron chi connectivity index (χ1n) is 13.3. The molecule has 0 unspecified atom stereocenters. The molecule has 3 heterocycles. The highest BCUT2D eigenvalue weighted by atomic mass is 35.5. The summed E-state index contributed by atoms with van der Waals surface area (Å²) in [6.07, 6.45) is 6.29. The van der Waals surface area contributed by atoms with Crippen molar-refractivity contribution in [1.82, 2.24) is 20.2 Å².